The number of aromatic nitrogens is 3. The lowest BCUT2D eigenvalue weighted by Gasteiger charge is -2.02. The van der Waals surface area contributed by atoms with E-state index < -0.39 is 0 Å². The molecule has 3 aromatic rings. The Bertz CT molecular complexity index is 688. The topological polar surface area (TPSA) is 42.7 Å². The number of rotatable bonds is 3. The third-order valence-electron chi connectivity index (χ3n) is 2.71. The van der Waals surface area contributed by atoms with E-state index in [-0.39, 0.29) is 0 Å². The Kier molecular flexibility index (Phi) is 2.93. The number of nitrogens with zero attached hydrogens (tertiary/aromatic N) is 3. The second kappa shape index (κ2) is 4.59. The van der Waals surface area contributed by atoms with Gasteiger partial charge in [-0.2, -0.15) is 5.10 Å². The molecule has 4 nitrogen and oxygen atoms in total. The van der Waals surface area contributed by atoms with Crippen LogP contribution < -0.4 is 5.32 Å². The van der Waals surface area contributed by atoms with Crippen molar-refractivity contribution < 1.29 is 0 Å². The minimum Gasteiger partial charge on any atom is -0.356 e. The summed E-state index contributed by atoms with van der Waals surface area (Å²) in [5.74, 6) is 0. The summed E-state index contributed by atoms with van der Waals surface area (Å²) in [6.07, 6.45) is 1.78. The fraction of sp³-hybridized carbons (Fsp3) is 0.167. The highest BCUT2D eigenvalue weighted by Crippen LogP contribution is 2.31. The van der Waals surface area contributed by atoms with Crippen LogP contribution in [-0.2, 0) is 13.6 Å². The maximum atomic E-state index is 6.12. The second-order valence-electron chi connectivity index (χ2n) is 3.91. The fourth-order valence-corrected chi connectivity index (χ4v) is 2.88. The molecule has 1 aromatic carbocycles. The SMILES string of the molecule is Cn1nccc1CNc1nc2cccc(Cl)c2s1. The number of fused-ring (bicyclic) bond motifs is 1. The zero-order chi connectivity index (χ0) is 12.5. The molecule has 18 heavy (non-hydrogen) atoms. The Morgan fingerprint density at radius 3 is 3.00 bits per heavy atom. The maximum Gasteiger partial charge on any atom is 0.184 e. The minimum atomic E-state index is 0.702. The van der Waals surface area contributed by atoms with Crippen molar-refractivity contribution in [2.24, 2.45) is 7.05 Å². The van der Waals surface area contributed by atoms with Gasteiger partial charge in [0.25, 0.3) is 0 Å². The summed E-state index contributed by atoms with van der Waals surface area (Å²) in [7, 11) is 1.92. The van der Waals surface area contributed by atoms with E-state index in [0.717, 1.165) is 26.1 Å². The Hall–Kier alpha value is -1.59. The summed E-state index contributed by atoms with van der Waals surface area (Å²) >= 11 is 7.69. The van der Waals surface area contributed by atoms with Crippen LogP contribution in [0.3, 0.4) is 0 Å². The summed E-state index contributed by atoms with van der Waals surface area (Å²) in [6.45, 7) is 0.702. The first-order valence-corrected chi connectivity index (χ1v) is 6.69. The number of hydrogen-bond donors (Lipinski definition) is 1. The van der Waals surface area contributed by atoms with Gasteiger partial charge in [0.05, 0.1) is 27.5 Å². The number of benzene rings is 1. The monoisotopic (exact) mass is 278 g/mol. The van der Waals surface area contributed by atoms with Crippen LogP contribution in [0.15, 0.2) is 30.5 Å². The van der Waals surface area contributed by atoms with E-state index in [2.05, 4.69) is 15.4 Å². The van der Waals surface area contributed by atoms with Gasteiger partial charge in [0, 0.05) is 13.2 Å². The Balaban J connectivity index is 1.83. The zero-order valence-electron chi connectivity index (χ0n) is 9.72. The molecule has 2 aromatic heterocycles. The molecule has 92 valence electrons. The van der Waals surface area contributed by atoms with Crippen LogP contribution in [0.5, 0.6) is 0 Å². The first-order valence-electron chi connectivity index (χ1n) is 5.50. The van der Waals surface area contributed by atoms with Crippen molar-refractivity contribution in [1.29, 1.82) is 0 Å². The largest absolute Gasteiger partial charge is 0.356 e. The number of halogens is 1. The molecule has 2 heterocycles. The summed E-state index contributed by atoms with van der Waals surface area (Å²) in [5.41, 5.74) is 2.04. The van der Waals surface area contributed by atoms with Gasteiger partial charge in [-0.1, -0.05) is 29.0 Å². The normalized spacial score (nSPS) is 11.0. The molecule has 0 aliphatic heterocycles. The van der Waals surface area contributed by atoms with Crippen molar-refractivity contribution in [2.45, 2.75) is 6.54 Å². The van der Waals surface area contributed by atoms with Crippen molar-refractivity contribution in [3.8, 4) is 0 Å². The Morgan fingerprint density at radius 2 is 2.28 bits per heavy atom. The van der Waals surface area contributed by atoms with Crippen LogP contribution in [0.4, 0.5) is 5.13 Å². The molecular weight excluding hydrogens is 268 g/mol. The van der Waals surface area contributed by atoms with E-state index >= 15 is 0 Å². The van der Waals surface area contributed by atoms with Crippen LogP contribution in [0, 0.1) is 0 Å². The lowest BCUT2D eigenvalue weighted by atomic mass is 10.3. The standard InChI is InChI=1S/C12H11ClN4S/c1-17-8(5-6-15-17)7-14-12-16-10-4-2-3-9(13)11(10)18-12/h2-6H,7H2,1H3,(H,14,16). The quantitative estimate of drug-likeness (QED) is 0.799. The van der Waals surface area contributed by atoms with E-state index in [1.807, 2.05) is 36.0 Å². The predicted octanol–water partition coefficient (Wildman–Crippen LogP) is 3.30. The van der Waals surface area contributed by atoms with E-state index in [1.54, 1.807) is 17.5 Å². The summed E-state index contributed by atoms with van der Waals surface area (Å²) < 4.78 is 2.86. The lowest BCUT2D eigenvalue weighted by molar-refractivity contribution is 0.720. The molecule has 3 rings (SSSR count). The number of anilines is 1. The number of hydrogen-bond acceptors (Lipinski definition) is 4. The lowest BCUT2D eigenvalue weighted by Crippen LogP contribution is -2.04. The molecule has 0 amide bonds. The molecule has 6 heteroatoms. The molecule has 0 fully saturated rings. The molecule has 0 aliphatic rings. The van der Waals surface area contributed by atoms with E-state index in [9.17, 15) is 0 Å². The van der Waals surface area contributed by atoms with Gasteiger partial charge in [-0.15, -0.1) is 0 Å². The van der Waals surface area contributed by atoms with Gasteiger partial charge in [0.2, 0.25) is 0 Å². The molecule has 0 saturated heterocycles. The predicted molar refractivity (Wildman–Crippen MR) is 75.2 cm³/mol. The first-order chi connectivity index (χ1) is 8.74. The van der Waals surface area contributed by atoms with E-state index in [0.29, 0.717) is 6.54 Å². The third-order valence-corrected chi connectivity index (χ3v) is 4.20. The second-order valence-corrected chi connectivity index (χ2v) is 5.31. The fourth-order valence-electron chi connectivity index (χ4n) is 1.73. The summed E-state index contributed by atoms with van der Waals surface area (Å²) in [5, 5.41) is 9.04. The Morgan fingerprint density at radius 1 is 1.39 bits per heavy atom. The van der Waals surface area contributed by atoms with Gasteiger partial charge in [0.15, 0.2) is 5.13 Å². The van der Waals surface area contributed by atoms with Crippen molar-refractivity contribution in [3.63, 3.8) is 0 Å². The molecule has 0 spiro atoms. The number of aryl methyl sites for hydroxylation is 1. The maximum absolute atomic E-state index is 6.12. The average molecular weight is 279 g/mol. The smallest absolute Gasteiger partial charge is 0.184 e. The number of thiazole rings is 1. The van der Waals surface area contributed by atoms with Gasteiger partial charge in [-0.25, -0.2) is 4.98 Å². The average Bonchev–Trinajstić information content (AvgIpc) is 2.93. The summed E-state index contributed by atoms with van der Waals surface area (Å²) in [6, 6.07) is 7.74. The van der Waals surface area contributed by atoms with Crippen molar-refractivity contribution in [1.82, 2.24) is 14.8 Å². The highest BCUT2D eigenvalue weighted by Gasteiger charge is 2.07. The van der Waals surface area contributed by atoms with Crippen LogP contribution in [0.25, 0.3) is 10.2 Å². The van der Waals surface area contributed by atoms with E-state index in [4.69, 9.17) is 11.6 Å². The molecule has 0 radical (unpaired) electrons. The van der Waals surface area contributed by atoms with Crippen molar-refractivity contribution in [2.75, 3.05) is 5.32 Å². The molecule has 0 unspecified atom stereocenters. The van der Waals surface area contributed by atoms with Crippen molar-refractivity contribution >= 4 is 38.3 Å². The minimum absolute atomic E-state index is 0.702. The van der Waals surface area contributed by atoms with Crippen LogP contribution >= 0.6 is 22.9 Å². The molecular formula is C12H11ClN4S. The molecule has 0 bridgehead atoms. The molecule has 1 N–H and O–H groups in total. The van der Waals surface area contributed by atoms with E-state index in [1.165, 1.54) is 0 Å². The van der Waals surface area contributed by atoms with Crippen LogP contribution in [0.2, 0.25) is 5.02 Å². The zero-order valence-corrected chi connectivity index (χ0v) is 11.3. The van der Waals surface area contributed by atoms with Gasteiger partial charge >= 0.3 is 0 Å². The molecule has 0 saturated carbocycles. The third kappa shape index (κ3) is 2.07. The van der Waals surface area contributed by atoms with Gasteiger partial charge in [-0.3, -0.25) is 4.68 Å². The Labute approximate surface area is 113 Å². The van der Waals surface area contributed by atoms with Crippen molar-refractivity contribution in [3.05, 3.63) is 41.2 Å². The molecule has 0 atom stereocenters. The number of nitrogens with one attached hydrogen (secondary N) is 1. The molecule has 0 aliphatic carbocycles. The van der Waals surface area contributed by atoms with Gasteiger partial charge < -0.3 is 5.32 Å². The van der Waals surface area contributed by atoms with Crippen LogP contribution in [-0.4, -0.2) is 14.8 Å². The van der Waals surface area contributed by atoms with Gasteiger partial charge in [0.1, 0.15) is 0 Å². The van der Waals surface area contributed by atoms with Crippen LogP contribution in [0.1, 0.15) is 5.69 Å². The highest BCUT2D eigenvalue weighted by molar-refractivity contribution is 7.22. The highest BCUT2D eigenvalue weighted by atomic mass is 35.5. The summed E-state index contributed by atoms with van der Waals surface area (Å²) in [4.78, 5) is 4.50. The van der Waals surface area contributed by atoms with Gasteiger partial charge in [-0.05, 0) is 18.2 Å². The first kappa shape index (κ1) is 11.5.